The first-order chi connectivity index (χ1) is 60.0. The number of azo groups is 2. The van der Waals surface area contributed by atoms with Gasteiger partial charge in [-0.1, -0.05) is 238 Å². The van der Waals surface area contributed by atoms with E-state index in [2.05, 4.69) is 283 Å². The molecular formula is C104H116N11O4Si4+. The summed E-state index contributed by atoms with van der Waals surface area (Å²) in [6.45, 7) is 12.3. The molecule has 123 heavy (non-hydrogen) atoms. The lowest BCUT2D eigenvalue weighted by Gasteiger charge is -2.50. The molecule has 0 amide bonds. The number of nitrogens with zero attached hydrogens (tertiary/aromatic N) is 11. The van der Waals surface area contributed by atoms with Crippen LogP contribution in [0.15, 0.2) is 312 Å². The quantitative estimate of drug-likeness (QED) is 0.00971. The fourth-order valence-corrected chi connectivity index (χ4v) is 42.9. The standard InChI is InChI=1S/C104H116N11O4Si4/c1-109(84-41-17-9-18-42-84)105-77-80-58-62-91-89(88-50-26-27-51-90(88)95(91)73-80)49-25-13-37-69-120(5)116-121(6,70-38-14-34-66-113-99-55-31-28-52-92(99)96-74-81(59-63-102(96)113)78-106-110(2)85-43-19-10-20-44-85)118-123(8,72-39-15-35-67-114-100-56-32-29-53-93(100)97-75-82(60-64-103(97)114)79-107-111(3)86-45-21-11-22-46-86)119-122(7,117-120)71-40-16-36-68-115-101-57-33-30-54-94(101)98-76-83(61-65-104(98)115)108-112(4)87-47-23-12-24-48-87/h9-12,17-24,26-33,41-48,50-65,73-79,89H,13-16,25,34-40,49,66-72H2,1-8H3/q+1. The van der Waals surface area contributed by atoms with E-state index in [-0.39, 0.29) is 0 Å². The Labute approximate surface area is 729 Å². The molecular weight excluding hydrogens is 1580 g/mol. The zero-order chi connectivity index (χ0) is 84.3. The zero-order valence-electron chi connectivity index (χ0n) is 72.7. The largest absolute Gasteiger partial charge is 0.416 e. The van der Waals surface area contributed by atoms with Crippen LogP contribution in [0.5, 0.6) is 0 Å². The molecule has 15 nitrogen and oxygen atoms in total. The summed E-state index contributed by atoms with van der Waals surface area (Å²) in [6, 6.07) is 108. The van der Waals surface area contributed by atoms with Gasteiger partial charge in [-0.3, -0.25) is 15.0 Å². The summed E-state index contributed by atoms with van der Waals surface area (Å²) in [5, 5.41) is 32.9. The van der Waals surface area contributed by atoms with Crippen LogP contribution in [0.4, 0.5) is 28.4 Å². The van der Waals surface area contributed by atoms with Crippen molar-refractivity contribution >= 4 is 147 Å². The van der Waals surface area contributed by atoms with E-state index in [1.54, 1.807) is 0 Å². The van der Waals surface area contributed by atoms with E-state index >= 15 is 0 Å². The number of rotatable bonds is 35. The molecule has 17 rings (SSSR count). The van der Waals surface area contributed by atoms with Gasteiger partial charge >= 0.3 is 34.2 Å². The van der Waals surface area contributed by atoms with Gasteiger partial charge in [0, 0.05) is 124 Å². The predicted molar refractivity (Wildman–Crippen MR) is 524 cm³/mol. The molecule has 15 aromatic rings. The van der Waals surface area contributed by atoms with E-state index in [0.717, 1.165) is 172 Å². The minimum absolute atomic E-state index is 0.324. The smallest absolute Gasteiger partial charge is 0.317 e. The van der Waals surface area contributed by atoms with Crippen LogP contribution in [0.3, 0.4) is 0 Å². The van der Waals surface area contributed by atoms with Gasteiger partial charge in [0.25, 0.3) is 0 Å². The van der Waals surface area contributed by atoms with Gasteiger partial charge in [-0.25, -0.2) is 0 Å². The van der Waals surface area contributed by atoms with Gasteiger partial charge in [0.05, 0.1) is 35.7 Å². The average molecular weight is 1700 g/mol. The van der Waals surface area contributed by atoms with Crippen molar-refractivity contribution in [2.45, 2.75) is 159 Å². The number of fused-ring (bicyclic) bond motifs is 12. The third-order valence-electron chi connectivity index (χ3n) is 25.2. The monoisotopic (exact) mass is 1690 g/mol. The van der Waals surface area contributed by atoms with E-state index in [0.29, 0.717) is 5.92 Å². The number of para-hydroxylation sites is 7. The van der Waals surface area contributed by atoms with Crippen molar-refractivity contribution in [3.05, 3.63) is 319 Å². The van der Waals surface area contributed by atoms with Crippen LogP contribution >= 0.6 is 0 Å². The Kier molecular flexibility index (Phi) is 25.8. The van der Waals surface area contributed by atoms with E-state index in [1.165, 1.54) is 87.7 Å². The number of benzene rings is 12. The number of hydrogen-bond acceptors (Lipinski definition) is 11. The Balaban J connectivity index is 0.625. The van der Waals surface area contributed by atoms with E-state index in [4.69, 9.17) is 36.9 Å². The topological polar surface area (TPSA) is 114 Å². The second-order valence-corrected chi connectivity index (χ2v) is 48.8. The van der Waals surface area contributed by atoms with Crippen molar-refractivity contribution in [2.24, 2.45) is 20.4 Å². The Morgan fingerprint density at radius 1 is 0.317 bits per heavy atom. The molecule has 626 valence electrons. The predicted octanol–water partition coefficient (Wildman–Crippen LogP) is 27.1. The lowest BCUT2D eigenvalue weighted by molar-refractivity contribution is -0.476. The maximum absolute atomic E-state index is 8.13. The summed E-state index contributed by atoms with van der Waals surface area (Å²) in [6.07, 6.45) is 19.4. The Bertz CT molecular complexity index is 6320. The maximum atomic E-state index is 8.13. The Morgan fingerprint density at radius 3 is 1.08 bits per heavy atom. The van der Waals surface area contributed by atoms with Gasteiger partial charge in [-0.05, 0) is 223 Å². The minimum atomic E-state index is -3.03. The highest BCUT2D eigenvalue weighted by Gasteiger charge is 2.56. The molecule has 1 fully saturated rings. The van der Waals surface area contributed by atoms with Gasteiger partial charge in [0.15, 0.2) is 7.05 Å². The minimum Gasteiger partial charge on any atom is -0.416 e. The first-order valence-electron chi connectivity index (χ1n) is 44.6. The van der Waals surface area contributed by atoms with E-state index in [9.17, 15) is 0 Å². The van der Waals surface area contributed by atoms with Gasteiger partial charge < -0.3 is 30.2 Å². The summed E-state index contributed by atoms with van der Waals surface area (Å²) in [5.41, 5.74) is 21.4. The zero-order valence-corrected chi connectivity index (χ0v) is 76.7. The second kappa shape index (κ2) is 37.8. The second-order valence-electron chi connectivity index (χ2n) is 34.5. The first kappa shape index (κ1) is 84.0. The third-order valence-corrected chi connectivity index (χ3v) is 44.1. The molecule has 5 unspecified atom stereocenters. The van der Waals surface area contributed by atoms with Crippen molar-refractivity contribution in [3.8, 4) is 11.1 Å². The molecule has 5 atom stereocenters. The summed E-state index contributed by atoms with van der Waals surface area (Å²) < 4.78 is 42.1. The number of aromatic nitrogens is 3. The number of hydrazone groups is 3. The van der Waals surface area contributed by atoms with Gasteiger partial charge in [-0.15, -0.1) is 0 Å². The van der Waals surface area contributed by atoms with Crippen LogP contribution in [0.1, 0.15) is 117 Å². The normalized spacial score (nSPS) is 18.8. The van der Waals surface area contributed by atoms with Crippen molar-refractivity contribution in [1.29, 1.82) is 0 Å². The number of hydrogen-bond donors (Lipinski definition) is 0. The fraction of sp³-hybridized carbons (Fsp3) is 0.279. The number of anilines is 3. The highest BCUT2D eigenvalue weighted by Crippen LogP contribution is 2.48. The molecule has 0 saturated carbocycles. The molecule has 0 N–H and O–H groups in total. The van der Waals surface area contributed by atoms with Gasteiger partial charge in [-0.2, -0.15) is 15.3 Å². The molecule has 0 bridgehead atoms. The van der Waals surface area contributed by atoms with Crippen LogP contribution in [0, 0.1) is 0 Å². The third kappa shape index (κ3) is 19.4. The highest BCUT2D eigenvalue weighted by molar-refractivity contribution is 6.94. The summed E-state index contributed by atoms with van der Waals surface area (Å²) in [5.74, 6) is 0.324. The van der Waals surface area contributed by atoms with Crippen LogP contribution in [-0.4, -0.2) is 99.5 Å². The molecule has 3 aromatic heterocycles. The lowest BCUT2D eigenvalue weighted by Crippen LogP contribution is -2.67. The first-order valence-corrected chi connectivity index (χ1v) is 54.7. The van der Waals surface area contributed by atoms with E-state index in [1.807, 2.05) is 115 Å². The molecule has 1 saturated heterocycles. The van der Waals surface area contributed by atoms with Crippen molar-refractivity contribution in [2.75, 3.05) is 43.2 Å². The fourth-order valence-electron chi connectivity index (χ4n) is 19.3. The molecule has 2 aliphatic rings. The SMILES string of the molecule is CN(N=Cc1ccc2c(c1)-c1ccccc1C2CCCCC[Si]1(C)O[Si](C)(CCCCCn2c3ccccc3c3cc(C=NN(C)c4ccccc4)ccc32)O[Si](C)(CCCCCn2c3ccccc3c3cc(C=NN(C)c4ccccc4)ccc32)O[Si](C)(CCCCCn2c3ccccc3c3cc(N=[N+](C)c4ccccc4)ccc32)O1)c1ccccc1. The van der Waals surface area contributed by atoms with Crippen molar-refractivity contribution in [1.82, 2.24) is 13.7 Å². The highest BCUT2D eigenvalue weighted by atomic mass is 28.5. The number of aryl methyl sites for hydroxylation is 3. The lowest BCUT2D eigenvalue weighted by atomic mass is 9.91. The summed E-state index contributed by atoms with van der Waals surface area (Å²) >= 11 is 0. The average Bonchev–Trinajstić information content (AvgIpc) is 1.75. The van der Waals surface area contributed by atoms with Gasteiger partial charge in [0.1, 0.15) is 5.69 Å². The van der Waals surface area contributed by atoms with Crippen LogP contribution in [0.2, 0.25) is 50.4 Å². The molecule has 0 spiro atoms. The number of unbranched alkanes of at least 4 members (excludes halogenated alkanes) is 8. The van der Waals surface area contributed by atoms with Gasteiger partial charge in [0.2, 0.25) is 5.69 Å². The summed E-state index contributed by atoms with van der Waals surface area (Å²) in [4.78, 5) is 0. The summed E-state index contributed by atoms with van der Waals surface area (Å²) in [7, 11) is -4.07. The molecule has 0 radical (unpaired) electrons. The molecule has 1 aliphatic heterocycles. The maximum Gasteiger partial charge on any atom is 0.317 e. The Hall–Kier alpha value is -11.2. The van der Waals surface area contributed by atoms with Crippen molar-refractivity contribution < 1.29 is 21.2 Å². The van der Waals surface area contributed by atoms with Crippen molar-refractivity contribution in [3.63, 3.8) is 0 Å². The molecule has 1 aliphatic carbocycles. The molecule has 19 heteroatoms. The van der Waals surface area contributed by atoms with Crippen LogP contribution in [-0.2, 0) is 36.1 Å². The van der Waals surface area contributed by atoms with Crippen LogP contribution < -0.4 is 15.0 Å². The molecule has 12 aromatic carbocycles. The Morgan fingerprint density at radius 2 is 0.650 bits per heavy atom. The van der Waals surface area contributed by atoms with Crippen LogP contribution in [0.25, 0.3) is 76.5 Å². The van der Waals surface area contributed by atoms with E-state index < -0.39 is 34.2 Å². The molecule has 4 heterocycles.